The van der Waals surface area contributed by atoms with Gasteiger partial charge in [-0.15, -0.1) is 0 Å². The number of carbonyl (C=O) groups is 1. The van der Waals surface area contributed by atoms with Gasteiger partial charge in [-0.1, -0.05) is 6.42 Å². The number of likely N-dealkylation sites (tertiary alicyclic amines) is 1. The Morgan fingerprint density at radius 1 is 1.47 bits per heavy atom. The molecular formula is C10H17N3O2. The molecule has 1 aliphatic rings. The first-order valence-corrected chi connectivity index (χ1v) is 5.27. The van der Waals surface area contributed by atoms with Gasteiger partial charge in [0.2, 0.25) is 0 Å². The van der Waals surface area contributed by atoms with Gasteiger partial charge >= 0.3 is 6.09 Å². The van der Waals surface area contributed by atoms with Crippen molar-refractivity contribution < 1.29 is 9.53 Å². The molecule has 1 aliphatic heterocycles. The molecule has 0 saturated carbocycles. The van der Waals surface area contributed by atoms with Crippen LogP contribution in [0, 0.1) is 11.3 Å². The number of primary amides is 1. The Morgan fingerprint density at radius 2 is 2.13 bits per heavy atom. The van der Waals surface area contributed by atoms with E-state index in [9.17, 15) is 4.79 Å². The number of carbonyl (C=O) groups excluding carboxylic acids is 1. The van der Waals surface area contributed by atoms with E-state index in [2.05, 4.69) is 4.90 Å². The number of amides is 1. The maximum absolute atomic E-state index is 10.6. The van der Waals surface area contributed by atoms with E-state index in [1.54, 1.807) is 0 Å². The van der Waals surface area contributed by atoms with Crippen molar-refractivity contribution in [1.82, 2.24) is 4.90 Å². The fourth-order valence-corrected chi connectivity index (χ4v) is 1.84. The second-order valence-electron chi connectivity index (χ2n) is 3.78. The number of hydrogen-bond donors (Lipinski definition) is 1. The van der Waals surface area contributed by atoms with Gasteiger partial charge in [0.05, 0.1) is 12.5 Å². The van der Waals surface area contributed by atoms with Crippen LogP contribution in [0.2, 0.25) is 0 Å². The monoisotopic (exact) mass is 211 g/mol. The van der Waals surface area contributed by atoms with Crippen molar-refractivity contribution in [2.24, 2.45) is 5.73 Å². The highest BCUT2D eigenvalue weighted by Crippen LogP contribution is 2.11. The second kappa shape index (κ2) is 6.25. The quantitative estimate of drug-likeness (QED) is 0.747. The van der Waals surface area contributed by atoms with E-state index in [0.29, 0.717) is 6.54 Å². The van der Waals surface area contributed by atoms with Crippen LogP contribution in [0.1, 0.15) is 25.7 Å². The lowest BCUT2D eigenvalue weighted by molar-refractivity contribution is 0.0728. The Labute approximate surface area is 89.8 Å². The molecule has 0 aromatic rings. The predicted molar refractivity (Wildman–Crippen MR) is 55.0 cm³/mol. The Morgan fingerprint density at radius 3 is 2.67 bits per heavy atom. The van der Waals surface area contributed by atoms with Gasteiger partial charge in [0.25, 0.3) is 0 Å². The zero-order valence-electron chi connectivity index (χ0n) is 8.82. The maximum atomic E-state index is 10.6. The molecule has 0 aromatic heterocycles. The van der Waals surface area contributed by atoms with Crippen LogP contribution in [-0.2, 0) is 4.74 Å². The van der Waals surface area contributed by atoms with Crippen molar-refractivity contribution in [2.45, 2.75) is 31.8 Å². The fourth-order valence-electron chi connectivity index (χ4n) is 1.84. The molecular weight excluding hydrogens is 194 g/mol. The molecule has 1 atom stereocenters. The molecule has 1 fully saturated rings. The summed E-state index contributed by atoms with van der Waals surface area (Å²) >= 11 is 0. The summed E-state index contributed by atoms with van der Waals surface area (Å²) in [5.74, 6) is 0. The van der Waals surface area contributed by atoms with Gasteiger partial charge in [0.1, 0.15) is 6.10 Å². The molecule has 0 bridgehead atoms. The lowest BCUT2D eigenvalue weighted by Crippen LogP contribution is -2.39. The van der Waals surface area contributed by atoms with Crippen LogP contribution in [0.5, 0.6) is 0 Å². The maximum Gasteiger partial charge on any atom is 0.404 e. The molecule has 0 radical (unpaired) electrons. The third-order valence-electron chi connectivity index (χ3n) is 2.51. The zero-order valence-corrected chi connectivity index (χ0v) is 8.82. The topological polar surface area (TPSA) is 79.3 Å². The molecule has 1 heterocycles. The van der Waals surface area contributed by atoms with Gasteiger partial charge in [-0.25, -0.2) is 4.79 Å². The first-order valence-electron chi connectivity index (χ1n) is 5.27. The molecule has 2 N–H and O–H groups in total. The summed E-state index contributed by atoms with van der Waals surface area (Å²) in [6, 6.07) is 2.00. The van der Waals surface area contributed by atoms with Gasteiger partial charge in [0.15, 0.2) is 0 Å². The van der Waals surface area contributed by atoms with E-state index in [-0.39, 0.29) is 12.5 Å². The van der Waals surface area contributed by atoms with Gasteiger partial charge < -0.3 is 10.5 Å². The highest BCUT2D eigenvalue weighted by Gasteiger charge is 2.18. The van der Waals surface area contributed by atoms with Crippen LogP contribution in [0.15, 0.2) is 0 Å². The van der Waals surface area contributed by atoms with E-state index in [1.807, 2.05) is 6.07 Å². The van der Waals surface area contributed by atoms with E-state index < -0.39 is 6.09 Å². The lowest BCUT2D eigenvalue weighted by Gasteiger charge is -2.29. The molecule has 1 unspecified atom stereocenters. The minimum Gasteiger partial charge on any atom is -0.444 e. The molecule has 0 spiro atoms. The van der Waals surface area contributed by atoms with Gasteiger partial charge in [-0.3, -0.25) is 4.90 Å². The van der Waals surface area contributed by atoms with Crippen LogP contribution < -0.4 is 5.73 Å². The van der Waals surface area contributed by atoms with E-state index in [0.717, 1.165) is 13.1 Å². The highest BCUT2D eigenvalue weighted by molar-refractivity contribution is 5.64. The average Bonchev–Trinajstić information content (AvgIpc) is 2.18. The molecule has 1 rings (SSSR count). The highest BCUT2D eigenvalue weighted by atomic mass is 16.6. The number of piperidine rings is 1. The largest absolute Gasteiger partial charge is 0.444 e. The SMILES string of the molecule is N#CCC(CN1CCCCC1)OC(N)=O. The molecule has 1 amide bonds. The average molecular weight is 211 g/mol. The Balaban J connectivity index is 2.35. The third kappa shape index (κ3) is 4.66. The van der Waals surface area contributed by atoms with Crippen molar-refractivity contribution in [3.05, 3.63) is 0 Å². The van der Waals surface area contributed by atoms with Gasteiger partial charge in [-0.05, 0) is 25.9 Å². The number of nitrogens with two attached hydrogens (primary N) is 1. The van der Waals surface area contributed by atoms with Crippen LogP contribution in [0.25, 0.3) is 0 Å². The predicted octanol–water partition coefficient (Wildman–Crippen LogP) is 0.850. The summed E-state index contributed by atoms with van der Waals surface area (Å²) < 4.78 is 4.87. The standard InChI is InChI=1S/C10H17N3O2/c11-5-4-9(15-10(12)14)8-13-6-2-1-3-7-13/h9H,1-4,6-8H2,(H2,12,14). The van der Waals surface area contributed by atoms with Crippen molar-refractivity contribution in [3.8, 4) is 6.07 Å². The smallest absolute Gasteiger partial charge is 0.404 e. The molecule has 5 nitrogen and oxygen atoms in total. The normalized spacial score (nSPS) is 19.1. The van der Waals surface area contributed by atoms with Gasteiger partial charge in [0, 0.05) is 6.54 Å². The summed E-state index contributed by atoms with van der Waals surface area (Å²) in [6.07, 6.45) is 2.64. The van der Waals surface area contributed by atoms with Crippen molar-refractivity contribution >= 4 is 6.09 Å². The Kier molecular flexibility index (Phi) is 4.91. The summed E-state index contributed by atoms with van der Waals surface area (Å²) in [5.41, 5.74) is 4.94. The molecule has 84 valence electrons. The molecule has 1 saturated heterocycles. The lowest BCUT2D eigenvalue weighted by atomic mass is 10.1. The molecule has 5 heteroatoms. The second-order valence-corrected chi connectivity index (χ2v) is 3.78. The third-order valence-corrected chi connectivity index (χ3v) is 2.51. The van der Waals surface area contributed by atoms with Crippen LogP contribution in [-0.4, -0.2) is 36.7 Å². The van der Waals surface area contributed by atoms with E-state index in [1.165, 1.54) is 19.3 Å². The summed E-state index contributed by atoms with van der Waals surface area (Å²) in [4.78, 5) is 12.8. The minimum absolute atomic E-state index is 0.208. The number of nitriles is 1. The first kappa shape index (κ1) is 11.8. The van der Waals surface area contributed by atoms with E-state index in [4.69, 9.17) is 15.7 Å². The molecule has 15 heavy (non-hydrogen) atoms. The Hall–Kier alpha value is -1.28. The summed E-state index contributed by atoms with van der Waals surface area (Å²) in [5, 5.41) is 8.58. The fraction of sp³-hybridized carbons (Fsp3) is 0.800. The number of rotatable bonds is 4. The summed E-state index contributed by atoms with van der Waals surface area (Å²) in [6.45, 7) is 2.66. The molecule has 0 aromatic carbocycles. The van der Waals surface area contributed by atoms with Crippen molar-refractivity contribution in [1.29, 1.82) is 5.26 Å². The van der Waals surface area contributed by atoms with Crippen LogP contribution in [0.3, 0.4) is 0 Å². The van der Waals surface area contributed by atoms with Crippen LogP contribution >= 0.6 is 0 Å². The number of hydrogen-bond acceptors (Lipinski definition) is 4. The number of ether oxygens (including phenoxy) is 1. The van der Waals surface area contributed by atoms with E-state index >= 15 is 0 Å². The van der Waals surface area contributed by atoms with Crippen LogP contribution in [0.4, 0.5) is 4.79 Å². The minimum atomic E-state index is -0.799. The number of nitrogens with zero attached hydrogens (tertiary/aromatic N) is 2. The first-order chi connectivity index (χ1) is 7.22. The van der Waals surface area contributed by atoms with Crippen molar-refractivity contribution in [2.75, 3.05) is 19.6 Å². The van der Waals surface area contributed by atoms with Crippen molar-refractivity contribution in [3.63, 3.8) is 0 Å². The Bertz CT molecular complexity index is 244. The zero-order chi connectivity index (χ0) is 11.1. The molecule has 0 aliphatic carbocycles. The summed E-state index contributed by atoms with van der Waals surface area (Å²) in [7, 11) is 0. The van der Waals surface area contributed by atoms with Gasteiger partial charge in [-0.2, -0.15) is 5.26 Å².